The van der Waals surface area contributed by atoms with Gasteiger partial charge in [0, 0.05) is 26.1 Å². The lowest BCUT2D eigenvalue weighted by Crippen LogP contribution is -2.56. The molecule has 4 nitrogen and oxygen atoms in total. The van der Waals surface area contributed by atoms with Gasteiger partial charge < -0.3 is 15.5 Å². The van der Waals surface area contributed by atoms with Crippen molar-refractivity contribution in [3.05, 3.63) is 0 Å². The van der Waals surface area contributed by atoms with E-state index in [0.29, 0.717) is 6.04 Å². The third-order valence-corrected chi connectivity index (χ3v) is 3.79. The van der Waals surface area contributed by atoms with Crippen LogP contribution in [0, 0.1) is 5.92 Å². The van der Waals surface area contributed by atoms with E-state index >= 15 is 0 Å². The van der Waals surface area contributed by atoms with Crippen LogP contribution in [-0.4, -0.2) is 49.6 Å². The molecule has 3 aliphatic rings. The number of amides is 1. The predicted molar refractivity (Wildman–Crippen MR) is 64.3 cm³/mol. The Morgan fingerprint density at radius 1 is 1.31 bits per heavy atom. The molecule has 0 aromatic heterocycles. The minimum atomic E-state index is 0.0721. The van der Waals surface area contributed by atoms with Crippen LogP contribution in [0.15, 0.2) is 0 Å². The van der Waals surface area contributed by atoms with Crippen molar-refractivity contribution in [3.63, 3.8) is 0 Å². The van der Waals surface area contributed by atoms with Gasteiger partial charge in [-0.05, 0) is 44.8 Å². The molecule has 0 aromatic carbocycles. The van der Waals surface area contributed by atoms with Gasteiger partial charge in [-0.3, -0.25) is 4.79 Å². The largest absolute Gasteiger partial charge is 0.356 e. The number of nitrogens with zero attached hydrogens (tertiary/aromatic N) is 1. The normalized spacial score (nSPS) is 32.7. The van der Waals surface area contributed by atoms with E-state index in [1.165, 1.54) is 32.5 Å². The zero-order chi connectivity index (χ0) is 11.4. The SMILES string of the molecule is CC(=O)NCCCNC1CN2CCC1CC2. The molecule has 2 bridgehead atoms. The van der Waals surface area contributed by atoms with E-state index in [4.69, 9.17) is 0 Å². The summed E-state index contributed by atoms with van der Waals surface area (Å²) in [5.41, 5.74) is 0. The van der Waals surface area contributed by atoms with E-state index in [0.717, 1.165) is 25.4 Å². The summed E-state index contributed by atoms with van der Waals surface area (Å²) < 4.78 is 0. The average Bonchev–Trinajstić information content (AvgIpc) is 2.30. The lowest BCUT2D eigenvalue weighted by atomic mass is 9.84. The summed E-state index contributed by atoms with van der Waals surface area (Å²) >= 11 is 0. The van der Waals surface area contributed by atoms with Gasteiger partial charge >= 0.3 is 0 Å². The third kappa shape index (κ3) is 3.19. The first-order valence-electron chi connectivity index (χ1n) is 6.46. The minimum Gasteiger partial charge on any atom is -0.356 e. The molecule has 3 aliphatic heterocycles. The van der Waals surface area contributed by atoms with Crippen molar-refractivity contribution in [2.24, 2.45) is 5.92 Å². The third-order valence-electron chi connectivity index (χ3n) is 3.79. The van der Waals surface area contributed by atoms with Gasteiger partial charge in [-0.2, -0.15) is 0 Å². The Kier molecular flexibility index (Phi) is 4.18. The Morgan fingerprint density at radius 2 is 2.06 bits per heavy atom. The lowest BCUT2D eigenvalue weighted by molar-refractivity contribution is -0.118. The predicted octanol–water partition coefficient (Wildman–Crippen LogP) is 0.196. The van der Waals surface area contributed by atoms with Crippen LogP contribution in [-0.2, 0) is 4.79 Å². The highest BCUT2D eigenvalue weighted by atomic mass is 16.1. The van der Waals surface area contributed by atoms with Crippen LogP contribution in [0.25, 0.3) is 0 Å². The molecule has 0 spiro atoms. The topological polar surface area (TPSA) is 44.4 Å². The second-order valence-corrected chi connectivity index (χ2v) is 5.04. The van der Waals surface area contributed by atoms with Crippen molar-refractivity contribution in [2.75, 3.05) is 32.7 Å². The first-order chi connectivity index (χ1) is 7.75. The summed E-state index contributed by atoms with van der Waals surface area (Å²) in [4.78, 5) is 13.2. The number of piperidine rings is 3. The molecule has 3 heterocycles. The second kappa shape index (κ2) is 5.64. The maximum Gasteiger partial charge on any atom is 0.216 e. The maximum atomic E-state index is 10.7. The number of carbonyl (C=O) groups excluding carboxylic acids is 1. The van der Waals surface area contributed by atoms with Gasteiger partial charge in [-0.15, -0.1) is 0 Å². The van der Waals surface area contributed by atoms with Gasteiger partial charge in [-0.1, -0.05) is 0 Å². The second-order valence-electron chi connectivity index (χ2n) is 5.04. The molecule has 1 atom stereocenters. The molecule has 3 saturated heterocycles. The standard InChI is InChI=1S/C12H23N3O/c1-10(16)13-5-2-6-14-12-9-15-7-3-11(12)4-8-15/h11-12,14H,2-9H2,1H3,(H,13,16). The summed E-state index contributed by atoms with van der Waals surface area (Å²) in [5, 5.41) is 6.46. The molecule has 0 saturated carbocycles. The highest BCUT2D eigenvalue weighted by molar-refractivity contribution is 5.72. The van der Waals surface area contributed by atoms with Crippen molar-refractivity contribution in [1.82, 2.24) is 15.5 Å². The Bertz CT molecular complexity index is 236. The first-order valence-corrected chi connectivity index (χ1v) is 6.46. The smallest absolute Gasteiger partial charge is 0.216 e. The van der Waals surface area contributed by atoms with Crippen molar-refractivity contribution in [1.29, 1.82) is 0 Å². The fourth-order valence-corrected chi connectivity index (χ4v) is 2.84. The van der Waals surface area contributed by atoms with E-state index in [1.54, 1.807) is 6.92 Å². The van der Waals surface area contributed by atoms with Crippen molar-refractivity contribution >= 4 is 5.91 Å². The molecule has 3 rings (SSSR count). The molecule has 0 aromatic rings. The van der Waals surface area contributed by atoms with Crippen molar-refractivity contribution in [3.8, 4) is 0 Å². The maximum absolute atomic E-state index is 10.7. The van der Waals surface area contributed by atoms with E-state index in [2.05, 4.69) is 15.5 Å². The molecule has 16 heavy (non-hydrogen) atoms. The van der Waals surface area contributed by atoms with Gasteiger partial charge in [0.2, 0.25) is 5.91 Å². The highest BCUT2D eigenvalue weighted by Crippen LogP contribution is 2.27. The molecule has 0 aliphatic carbocycles. The molecule has 3 fully saturated rings. The molecule has 2 N–H and O–H groups in total. The monoisotopic (exact) mass is 225 g/mol. The first kappa shape index (κ1) is 11.9. The quantitative estimate of drug-likeness (QED) is 0.657. The summed E-state index contributed by atoms with van der Waals surface area (Å²) in [6.45, 7) is 7.22. The van der Waals surface area contributed by atoms with Crippen LogP contribution in [0.5, 0.6) is 0 Å². The van der Waals surface area contributed by atoms with Crippen LogP contribution in [0.4, 0.5) is 0 Å². The van der Waals surface area contributed by atoms with Gasteiger partial charge in [0.1, 0.15) is 0 Å². The number of hydrogen-bond acceptors (Lipinski definition) is 3. The number of rotatable bonds is 5. The van der Waals surface area contributed by atoms with Crippen LogP contribution in [0.1, 0.15) is 26.2 Å². The Morgan fingerprint density at radius 3 is 2.62 bits per heavy atom. The Labute approximate surface area is 97.8 Å². The van der Waals surface area contributed by atoms with Crippen molar-refractivity contribution < 1.29 is 4.79 Å². The summed E-state index contributed by atoms with van der Waals surface area (Å²) in [6, 6.07) is 0.694. The van der Waals surface area contributed by atoms with Gasteiger partial charge in [0.15, 0.2) is 0 Å². The zero-order valence-corrected chi connectivity index (χ0v) is 10.2. The molecular weight excluding hydrogens is 202 g/mol. The number of fused-ring (bicyclic) bond motifs is 3. The van der Waals surface area contributed by atoms with Gasteiger partial charge in [0.05, 0.1) is 0 Å². The zero-order valence-electron chi connectivity index (χ0n) is 10.2. The van der Waals surface area contributed by atoms with Crippen LogP contribution in [0.3, 0.4) is 0 Å². The summed E-state index contributed by atoms with van der Waals surface area (Å²) in [5.74, 6) is 0.966. The minimum absolute atomic E-state index is 0.0721. The van der Waals surface area contributed by atoms with Crippen LogP contribution >= 0.6 is 0 Å². The number of hydrogen-bond donors (Lipinski definition) is 2. The van der Waals surface area contributed by atoms with E-state index in [1.807, 2.05) is 0 Å². The molecule has 1 unspecified atom stereocenters. The average molecular weight is 225 g/mol. The van der Waals surface area contributed by atoms with Gasteiger partial charge in [-0.25, -0.2) is 0 Å². The number of carbonyl (C=O) groups is 1. The summed E-state index contributed by atoms with van der Waals surface area (Å²) in [6.07, 6.45) is 3.76. The molecule has 4 heteroatoms. The lowest BCUT2D eigenvalue weighted by Gasteiger charge is -2.45. The van der Waals surface area contributed by atoms with E-state index in [-0.39, 0.29) is 5.91 Å². The van der Waals surface area contributed by atoms with E-state index < -0.39 is 0 Å². The summed E-state index contributed by atoms with van der Waals surface area (Å²) in [7, 11) is 0. The van der Waals surface area contributed by atoms with Crippen LogP contribution < -0.4 is 10.6 Å². The fourth-order valence-electron chi connectivity index (χ4n) is 2.84. The van der Waals surface area contributed by atoms with Crippen molar-refractivity contribution in [2.45, 2.75) is 32.2 Å². The molecule has 92 valence electrons. The Hall–Kier alpha value is -0.610. The Balaban J connectivity index is 1.58. The van der Waals surface area contributed by atoms with Crippen LogP contribution in [0.2, 0.25) is 0 Å². The highest BCUT2D eigenvalue weighted by Gasteiger charge is 2.33. The van der Waals surface area contributed by atoms with E-state index in [9.17, 15) is 4.79 Å². The van der Waals surface area contributed by atoms with Gasteiger partial charge in [0.25, 0.3) is 0 Å². The molecule has 0 radical (unpaired) electrons. The fraction of sp³-hybridized carbons (Fsp3) is 0.917. The molecule has 1 amide bonds. The molecular formula is C12H23N3O. The number of nitrogens with one attached hydrogen (secondary N) is 2.